The van der Waals surface area contributed by atoms with E-state index in [1.165, 1.54) is 18.6 Å². The Hall–Kier alpha value is -2.34. The molecule has 0 radical (unpaired) electrons. The molecule has 1 N–H and O–H groups in total. The van der Waals surface area contributed by atoms with Crippen LogP contribution in [0.5, 0.6) is 0 Å². The van der Waals surface area contributed by atoms with Gasteiger partial charge < -0.3 is 10.0 Å². The van der Waals surface area contributed by atoms with Gasteiger partial charge >= 0.3 is 0 Å². The molecule has 3 heterocycles. The van der Waals surface area contributed by atoms with E-state index in [1.54, 1.807) is 11.1 Å². The minimum Gasteiger partial charge on any atom is -0.383 e. The molecular formula is C16H18N4O2. The first-order valence-corrected chi connectivity index (χ1v) is 7.29. The summed E-state index contributed by atoms with van der Waals surface area (Å²) in [5.41, 5.74) is 1.10. The van der Waals surface area contributed by atoms with Crippen molar-refractivity contribution >= 4 is 5.91 Å². The van der Waals surface area contributed by atoms with Gasteiger partial charge in [0.1, 0.15) is 11.3 Å². The molecule has 2 aromatic rings. The molecule has 22 heavy (non-hydrogen) atoms. The van der Waals surface area contributed by atoms with Crippen LogP contribution in [0.25, 0.3) is 0 Å². The van der Waals surface area contributed by atoms with Crippen LogP contribution in [-0.4, -0.2) is 44.0 Å². The lowest BCUT2D eigenvalue weighted by molar-refractivity contribution is -0.0245. The highest BCUT2D eigenvalue weighted by Crippen LogP contribution is 2.31. The van der Waals surface area contributed by atoms with Gasteiger partial charge in [0, 0.05) is 31.7 Å². The fraction of sp³-hybridized carbons (Fsp3) is 0.375. The molecule has 1 aliphatic heterocycles. The van der Waals surface area contributed by atoms with Crippen LogP contribution in [-0.2, 0) is 5.60 Å². The number of carbonyl (C=O) groups is 1. The van der Waals surface area contributed by atoms with E-state index in [-0.39, 0.29) is 5.91 Å². The van der Waals surface area contributed by atoms with E-state index in [4.69, 9.17) is 0 Å². The van der Waals surface area contributed by atoms with Crippen molar-refractivity contribution in [3.8, 4) is 0 Å². The molecule has 1 amide bonds. The van der Waals surface area contributed by atoms with E-state index in [0.29, 0.717) is 37.3 Å². The van der Waals surface area contributed by atoms with Crippen LogP contribution in [0.1, 0.15) is 34.6 Å². The summed E-state index contributed by atoms with van der Waals surface area (Å²) in [5, 5.41) is 10.8. The summed E-state index contributed by atoms with van der Waals surface area (Å²) in [6, 6.07) is 3.80. The summed E-state index contributed by atoms with van der Waals surface area (Å²) in [7, 11) is 0. The molecule has 0 spiro atoms. The number of aromatic nitrogens is 3. The van der Waals surface area contributed by atoms with E-state index in [2.05, 4.69) is 15.0 Å². The van der Waals surface area contributed by atoms with Crippen molar-refractivity contribution in [2.24, 2.45) is 0 Å². The topological polar surface area (TPSA) is 79.2 Å². The van der Waals surface area contributed by atoms with Crippen LogP contribution < -0.4 is 0 Å². The Morgan fingerprint density at radius 3 is 2.55 bits per heavy atom. The quantitative estimate of drug-likeness (QED) is 0.904. The minimum absolute atomic E-state index is 0.146. The summed E-state index contributed by atoms with van der Waals surface area (Å²) in [6.45, 7) is 2.91. The number of piperidine rings is 1. The third-order valence-electron chi connectivity index (χ3n) is 4.05. The number of aryl methyl sites for hydroxylation is 1. The van der Waals surface area contributed by atoms with Crippen LogP contribution in [0.2, 0.25) is 0 Å². The van der Waals surface area contributed by atoms with Gasteiger partial charge in [0.05, 0.1) is 11.9 Å². The summed E-state index contributed by atoms with van der Waals surface area (Å²) in [4.78, 5) is 26.3. The molecule has 2 aromatic heterocycles. The Labute approximate surface area is 128 Å². The molecule has 0 saturated carbocycles. The van der Waals surface area contributed by atoms with Gasteiger partial charge in [-0.05, 0) is 31.4 Å². The standard InChI is InChI=1S/C16H18N4O2/c1-12-2-3-14(19-10-12)16(22)4-8-20(9-5-16)15(21)13-11-17-6-7-18-13/h2-3,6-7,10-11,22H,4-5,8-9H2,1H3. The average Bonchev–Trinajstić information content (AvgIpc) is 2.56. The lowest BCUT2D eigenvalue weighted by Gasteiger charge is -2.37. The second-order valence-electron chi connectivity index (χ2n) is 5.64. The van der Waals surface area contributed by atoms with Crippen LogP contribution >= 0.6 is 0 Å². The second kappa shape index (κ2) is 5.81. The van der Waals surface area contributed by atoms with Crippen molar-refractivity contribution in [2.75, 3.05) is 13.1 Å². The monoisotopic (exact) mass is 298 g/mol. The molecule has 1 saturated heterocycles. The molecule has 0 aliphatic carbocycles. The summed E-state index contributed by atoms with van der Waals surface area (Å²) in [5.74, 6) is -0.146. The number of hydrogen-bond donors (Lipinski definition) is 1. The van der Waals surface area contributed by atoms with Crippen LogP contribution in [0, 0.1) is 6.92 Å². The molecule has 114 valence electrons. The lowest BCUT2D eigenvalue weighted by atomic mass is 9.87. The zero-order valence-electron chi connectivity index (χ0n) is 12.4. The highest BCUT2D eigenvalue weighted by atomic mass is 16.3. The first-order valence-electron chi connectivity index (χ1n) is 7.29. The van der Waals surface area contributed by atoms with Gasteiger partial charge in [0.25, 0.3) is 5.91 Å². The molecule has 3 rings (SSSR count). The normalized spacial score (nSPS) is 17.3. The van der Waals surface area contributed by atoms with E-state index in [0.717, 1.165) is 5.56 Å². The SMILES string of the molecule is Cc1ccc(C2(O)CCN(C(=O)c3cnccn3)CC2)nc1. The molecule has 1 fully saturated rings. The number of aliphatic hydroxyl groups is 1. The molecule has 1 aliphatic rings. The van der Waals surface area contributed by atoms with Crippen molar-refractivity contribution in [1.82, 2.24) is 19.9 Å². The summed E-state index contributed by atoms with van der Waals surface area (Å²) >= 11 is 0. The molecule has 0 atom stereocenters. The minimum atomic E-state index is -0.965. The maximum Gasteiger partial charge on any atom is 0.274 e. The van der Waals surface area contributed by atoms with Gasteiger partial charge in [-0.25, -0.2) is 4.98 Å². The summed E-state index contributed by atoms with van der Waals surface area (Å²) in [6.07, 6.45) is 7.19. The number of carbonyl (C=O) groups excluding carboxylic acids is 1. The Balaban J connectivity index is 1.69. The molecular weight excluding hydrogens is 280 g/mol. The number of amides is 1. The second-order valence-corrected chi connectivity index (χ2v) is 5.64. The zero-order valence-corrected chi connectivity index (χ0v) is 12.4. The Morgan fingerprint density at radius 1 is 1.18 bits per heavy atom. The van der Waals surface area contributed by atoms with Crippen molar-refractivity contribution < 1.29 is 9.90 Å². The predicted molar refractivity (Wildman–Crippen MR) is 80.0 cm³/mol. The lowest BCUT2D eigenvalue weighted by Crippen LogP contribution is -2.45. The maximum absolute atomic E-state index is 12.3. The molecule has 0 bridgehead atoms. The number of rotatable bonds is 2. The van der Waals surface area contributed by atoms with Crippen molar-refractivity contribution in [2.45, 2.75) is 25.4 Å². The number of pyridine rings is 1. The van der Waals surface area contributed by atoms with E-state index in [9.17, 15) is 9.90 Å². The van der Waals surface area contributed by atoms with Gasteiger partial charge in [-0.1, -0.05) is 6.07 Å². The van der Waals surface area contributed by atoms with E-state index < -0.39 is 5.60 Å². The zero-order chi connectivity index (χ0) is 15.6. The first-order chi connectivity index (χ1) is 10.6. The average molecular weight is 298 g/mol. The van der Waals surface area contributed by atoms with E-state index in [1.807, 2.05) is 19.1 Å². The van der Waals surface area contributed by atoms with Crippen molar-refractivity contribution in [3.05, 3.63) is 53.9 Å². The number of likely N-dealkylation sites (tertiary alicyclic amines) is 1. The smallest absolute Gasteiger partial charge is 0.274 e. The van der Waals surface area contributed by atoms with Gasteiger partial charge in [-0.15, -0.1) is 0 Å². The predicted octanol–water partition coefficient (Wildman–Crippen LogP) is 1.30. The third-order valence-corrected chi connectivity index (χ3v) is 4.05. The van der Waals surface area contributed by atoms with Gasteiger partial charge in [-0.3, -0.25) is 14.8 Å². The fourth-order valence-corrected chi connectivity index (χ4v) is 2.65. The maximum atomic E-state index is 12.3. The molecule has 6 heteroatoms. The Bertz CT molecular complexity index is 650. The molecule has 6 nitrogen and oxygen atoms in total. The van der Waals surface area contributed by atoms with Crippen LogP contribution in [0.3, 0.4) is 0 Å². The Kier molecular flexibility index (Phi) is 3.85. The highest BCUT2D eigenvalue weighted by Gasteiger charge is 2.36. The number of hydrogen-bond acceptors (Lipinski definition) is 5. The van der Waals surface area contributed by atoms with Gasteiger partial charge in [0.2, 0.25) is 0 Å². The van der Waals surface area contributed by atoms with Gasteiger partial charge in [0.15, 0.2) is 0 Å². The van der Waals surface area contributed by atoms with Crippen LogP contribution in [0.4, 0.5) is 0 Å². The highest BCUT2D eigenvalue weighted by molar-refractivity contribution is 5.92. The van der Waals surface area contributed by atoms with Crippen molar-refractivity contribution in [1.29, 1.82) is 0 Å². The first kappa shape index (κ1) is 14.6. The van der Waals surface area contributed by atoms with Crippen LogP contribution in [0.15, 0.2) is 36.9 Å². The van der Waals surface area contributed by atoms with E-state index >= 15 is 0 Å². The molecule has 0 aromatic carbocycles. The largest absolute Gasteiger partial charge is 0.383 e. The Morgan fingerprint density at radius 2 is 1.95 bits per heavy atom. The van der Waals surface area contributed by atoms with Crippen molar-refractivity contribution in [3.63, 3.8) is 0 Å². The molecule has 0 unspecified atom stereocenters. The summed E-state index contributed by atoms with van der Waals surface area (Å²) < 4.78 is 0. The third kappa shape index (κ3) is 2.82. The number of nitrogens with zero attached hydrogens (tertiary/aromatic N) is 4. The van der Waals surface area contributed by atoms with Gasteiger partial charge in [-0.2, -0.15) is 0 Å². The fourth-order valence-electron chi connectivity index (χ4n) is 2.65.